The summed E-state index contributed by atoms with van der Waals surface area (Å²) in [5, 5.41) is 0. The van der Waals surface area contributed by atoms with Crippen molar-refractivity contribution in [3.05, 3.63) is 149 Å². The van der Waals surface area contributed by atoms with E-state index in [0.29, 0.717) is 12.5 Å². The Morgan fingerprint density at radius 3 is 2.29 bits per heavy atom. The lowest BCUT2D eigenvalue weighted by molar-refractivity contribution is 0.190. The van der Waals surface area contributed by atoms with Gasteiger partial charge >= 0.3 is 0 Å². The Balaban J connectivity index is 0.000000501. The van der Waals surface area contributed by atoms with Crippen LogP contribution in [0.3, 0.4) is 0 Å². The first-order valence-electron chi connectivity index (χ1n) is 16.1. The Morgan fingerprint density at radius 1 is 0.933 bits per heavy atom. The number of anilines is 1. The van der Waals surface area contributed by atoms with Crippen LogP contribution < -0.4 is 4.90 Å². The monoisotopic (exact) mass is 607 g/mol. The van der Waals surface area contributed by atoms with E-state index in [0.717, 1.165) is 73.5 Å². The highest BCUT2D eigenvalue weighted by molar-refractivity contribution is 5.58. The summed E-state index contributed by atoms with van der Waals surface area (Å²) >= 11 is 0. The minimum Gasteiger partial charge on any atom is -0.341 e. The molecule has 0 spiro atoms. The van der Waals surface area contributed by atoms with Crippen LogP contribution >= 0.6 is 0 Å². The van der Waals surface area contributed by atoms with Gasteiger partial charge in [-0.05, 0) is 117 Å². The average Bonchev–Trinajstić information content (AvgIpc) is 3.02. The molecule has 1 fully saturated rings. The van der Waals surface area contributed by atoms with Crippen molar-refractivity contribution in [1.29, 1.82) is 0 Å². The number of hydrogen-bond donors (Lipinski definition) is 0. The molecule has 0 N–H and O–H groups in total. The third kappa shape index (κ3) is 9.95. The zero-order valence-corrected chi connectivity index (χ0v) is 27.3. The molecule has 0 radical (unpaired) electrons. The number of benzene rings is 3. The highest BCUT2D eigenvalue weighted by Crippen LogP contribution is 2.33. The van der Waals surface area contributed by atoms with Crippen LogP contribution in [0.1, 0.15) is 66.1 Å². The summed E-state index contributed by atoms with van der Waals surface area (Å²) in [6.07, 6.45) is 10.8. The summed E-state index contributed by atoms with van der Waals surface area (Å²) in [6.45, 7) is 16.5. The highest BCUT2D eigenvalue weighted by Gasteiger charge is 2.26. The third-order valence-electron chi connectivity index (χ3n) is 8.44. The SMILES string of the molecule is C=C(C1CCN(Cc2ccnc(C)c2/C=C\CCC)CC1)N(Cc1cccc(F)c1)c1ccccc1C.Cc1cccc(F)c1. The van der Waals surface area contributed by atoms with E-state index in [-0.39, 0.29) is 11.6 Å². The second-order valence-corrected chi connectivity index (χ2v) is 12.0. The van der Waals surface area contributed by atoms with Gasteiger partial charge in [-0.3, -0.25) is 9.88 Å². The van der Waals surface area contributed by atoms with Crippen LogP contribution in [-0.2, 0) is 13.1 Å². The van der Waals surface area contributed by atoms with Crippen molar-refractivity contribution in [3.63, 3.8) is 0 Å². The van der Waals surface area contributed by atoms with Crippen LogP contribution in [0.2, 0.25) is 0 Å². The van der Waals surface area contributed by atoms with Crippen LogP contribution in [0.15, 0.2) is 103 Å². The molecule has 5 rings (SSSR count). The molecular weight excluding hydrogens is 560 g/mol. The molecule has 1 aromatic heterocycles. The molecular formula is C40H47F2N3. The van der Waals surface area contributed by atoms with Gasteiger partial charge in [0.2, 0.25) is 0 Å². The molecule has 3 aromatic carbocycles. The standard InChI is InChI=1S/C33H40FN3.C7H7F/c1-5-6-7-14-32-26(3)35-19-16-30(32)24-36-20-17-29(18-21-36)27(4)37(33-15-9-8-11-25(33)2)23-28-12-10-13-31(34)22-28;1-6-3-2-4-7(8)5-6/h7-16,19,22,29H,4-6,17-18,20-21,23-24H2,1-3H3;2-5H,1H3/b14-7-;. The number of aryl methyl sites for hydroxylation is 3. The quantitative estimate of drug-likeness (QED) is 0.179. The van der Waals surface area contributed by atoms with Crippen LogP contribution in [-0.4, -0.2) is 23.0 Å². The first-order chi connectivity index (χ1) is 21.7. The van der Waals surface area contributed by atoms with Gasteiger partial charge in [-0.2, -0.15) is 0 Å². The van der Waals surface area contributed by atoms with E-state index in [9.17, 15) is 8.78 Å². The Bertz CT molecular complexity index is 1550. The molecule has 0 atom stereocenters. The lowest BCUT2D eigenvalue weighted by Gasteiger charge is -2.38. The van der Waals surface area contributed by atoms with Crippen LogP contribution in [0.4, 0.5) is 14.5 Å². The van der Waals surface area contributed by atoms with E-state index in [1.807, 2.05) is 25.3 Å². The van der Waals surface area contributed by atoms with E-state index in [4.69, 9.17) is 0 Å². The van der Waals surface area contributed by atoms with Gasteiger partial charge in [-0.1, -0.05) is 74.5 Å². The normalized spacial score (nSPS) is 13.8. The number of halogens is 2. The largest absolute Gasteiger partial charge is 0.341 e. The smallest absolute Gasteiger partial charge is 0.123 e. The molecule has 5 heteroatoms. The zero-order valence-electron chi connectivity index (χ0n) is 27.3. The maximum Gasteiger partial charge on any atom is 0.123 e. The third-order valence-corrected chi connectivity index (χ3v) is 8.44. The molecule has 1 saturated heterocycles. The second-order valence-electron chi connectivity index (χ2n) is 12.0. The first-order valence-corrected chi connectivity index (χ1v) is 16.1. The number of nitrogens with zero attached hydrogens (tertiary/aromatic N) is 3. The molecule has 0 unspecified atom stereocenters. The molecule has 2 heterocycles. The number of pyridine rings is 1. The molecule has 236 valence electrons. The maximum atomic E-state index is 14.0. The molecule has 1 aliphatic heterocycles. The van der Waals surface area contributed by atoms with Gasteiger partial charge in [-0.15, -0.1) is 0 Å². The van der Waals surface area contributed by atoms with Gasteiger partial charge < -0.3 is 4.90 Å². The van der Waals surface area contributed by atoms with Gasteiger partial charge in [0.25, 0.3) is 0 Å². The predicted octanol–water partition coefficient (Wildman–Crippen LogP) is 10.2. The summed E-state index contributed by atoms with van der Waals surface area (Å²) < 4.78 is 26.1. The number of unbranched alkanes of at least 4 members (excludes halogenated alkanes) is 1. The van der Waals surface area contributed by atoms with Crippen molar-refractivity contribution in [2.75, 3.05) is 18.0 Å². The van der Waals surface area contributed by atoms with Gasteiger partial charge in [0.1, 0.15) is 11.6 Å². The van der Waals surface area contributed by atoms with Crippen LogP contribution in [0, 0.1) is 38.3 Å². The van der Waals surface area contributed by atoms with Gasteiger partial charge in [0.15, 0.2) is 0 Å². The fraction of sp³-hybridized carbons (Fsp3) is 0.325. The van der Waals surface area contributed by atoms with Gasteiger partial charge in [-0.25, -0.2) is 8.78 Å². The lowest BCUT2D eigenvalue weighted by Crippen LogP contribution is -2.37. The average molecular weight is 608 g/mol. The molecule has 4 aromatic rings. The fourth-order valence-electron chi connectivity index (χ4n) is 5.88. The molecule has 45 heavy (non-hydrogen) atoms. The summed E-state index contributed by atoms with van der Waals surface area (Å²) in [4.78, 5) is 9.39. The van der Waals surface area contributed by atoms with Crippen LogP contribution in [0.5, 0.6) is 0 Å². The Morgan fingerprint density at radius 2 is 1.64 bits per heavy atom. The summed E-state index contributed by atoms with van der Waals surface area (Å²) in [5.74, 6) is 0.0360. The lowest BCUT2D eigenvalue weighted by atomic mass is 9.91. The molecule has 0 bridgehead atoms. The number of para-hydroxylation sites is 1. The van der Waals surface area contributed by atoms with E-state index in [1.165, 1.54) is 34.9 Å². The number of rotatable bonds is 10. The number of piperidine rings is 1. The topological polar surface area (TPSA) is 19.4 Å². The van der Waals surface area contributed by atoms with Crippen molar-refractivity contribution < 1.29 is 8.78 Å². The summed E-state index contributed by atoms with van der Waals surface area (Å²) in [5.41, 5.74) is 9.11. The maximum absolute atomic E-state index is 14.0. The predicted molar refractivity (Wildman–Crippen MR) is 185 cm³/mol. The van der Waals surface area contributed by atoms with Gasteiger partial charge in [0.05, 0.1) is 0 Å². The van der Waals surface area contributed by atoms with E-state index < -0.39 is 0 Å². The molecule has 0 aliphatic carbocycles. The zero-order chi connectivity index (χ0) is 32.2. The number of allylic oxidation sites excluding steroid dienone is 2. The van der Waals surface area contributed by atoms with Crippen molar-refractivity contribution >= 4 is 11.8 Å². The summed E-state index contributed by atoms with van der Waals surface area (Å²) in [7, 11) is 0. The molecule has 1 aliphatic rings. The van der Waals surface area contributed by atoms with Crippen molar-refractivity contribution in [2.45, 2.75) is 66.5 Å². The van der Waals surface area contributed by atoms with E-state index in [2.05, 4.69) is 84.6 Å². The van der Waals surface area contributed by atoms with E-state index >= 15 is 0 Å². The first kappa shape index (κ1) is 33.8. The molecule has 0 amide bonds. The second kappa shape index (κ2) is 16.8. The highest BCUT2D eigenvalue weighted by atomic mass is 19.1. The Hall–Kier alpha value is -4.09. The van der Waals surface area contributed by atoms with Crippen molar-refractivity contribution in [3.8, 4) is 0 Å². The molecule has 3 nitrogen and oxygen atoms in total. The Labute approximate surface area is 268 Å². The number of aromatic nitrogens is 1. The van der Waals surface area contributed by atoms with Crippen molar-refractivity contribution in [2.24, 2.45) is 5.92 Å². The minimum absolute atomic E-state index is 0.162. The number of likely N-dealkylation sites (tertiary alicyclic amines) is 1. The minimum atomic E-state index is -0.198. The van der Waals surface area contributed by atoms with Crippen molar-refractivity contribution in [1.82, 2.24) is 9.88 Å². The number of hydrogen-bond acceptors (Lipinski definition) is 3. The van der Waals surface area contributed by atoms with Crippen LogP contribution in [0.25, 0.3) is 6.08 Å². The Kier molecular flexibility index (Phi) is 12.6. The molecule has 0 saturated carbocycles. The van der Waals surface area contributed by atoms with E-state index in [1.54, 1.807) is 18.2 Å². The fourth-order valence-corrected chi connectivity index (χ4v) is 5.88. The summed E-state index contributed by atoms with van der Waals surface area (Å²) in [6, 6.07) is 24.0. The van der Waals surface area contributed by atoms with Gasteiger partial charge in [0, 0.05) is 42.3 Å².